The van der Waals surface area contributed by atoms with Crippen LogP contribution in [0.3, 0.4) is 0 Å². The van der Waals surface area contributed by atoms with Gasteiger partial charge in [0.1, 0.15) is 5.52 Å². The summed E-state index contributed by atoms with van der Waals surface area (Å²) in [4.78, 5) is 21.9. The van der Waals surface area contributed by atoms with Gasteiger partial charge in [0, 0.05) is 32.1 Å². The number of benzene rings is 1. The fourth-order valence-electron chi connectivity index (χ4n) is 3.26. The largest absolute Gasteiger partial charge is 0.379 e. The number of rotatable bonds is 5. The maximum Gasteiger partial charge on any atom is 0.231 e. The van der Waals surface area contributed by atoms with Gasteiger partial charge in [-0.05, 0) is 25.0 Å². The number of carbonyl (C=O) groups is 1. The zero-order valence-corrected chi connectivity index (χ0v) is 15.7. The second kappa shape index (κ2) is 7.58. The first kappa shape index (κ1) is 17.2. The molecule has 1 aliphatic carbocycles. The van der Waals surface area contributed by atoms with Crippen LogP contribution in [0.5, 0.6) is 0 Å². The van der Waals surface area contributed by atoms with Gasteiger partial charge in [-0.15, -0.1) is 0 Å². The van der Waals surface area contributed by atoms with Crippen molar-refractivity contribution in [1.82, 2.24) is 9.88 Å². The number of hydrogen-bond donors (Lipinski definition) is 0. The van der Waals surface area contributed by atoms with Crippen molar-refractivity contribution >= 4 is 44.2 Å². The average molecular weight is 380 g/mol. The summed E-state index contributed by atoms with van der Waals surface area (Å²) in [6.45, 7) is 4.92. The molecule has 0 radical (unpaired) electrons. The number of halogens is 1. The molecule has 1 saturated carbocycles. The van der Waals surface area contributed by atoms with E-state index in [2.05, 4.69) is 9.88 Å². The number of anilines is 1. The first-order valence-corrected chi connectivity index (χ1v) is 10.1. The molecule has 5 nitrogen and oxygen atoms in total. The zero-order valence-electron chi connectivity index (χ0n) is 14.1. The molecule has 2 fully saturated rings. The van der Waals surface area contributed by atoms with Gasteiger partial charge in [-0.3, -0.25) is 14.6 Å². The maximum absolute atomic E-state index is 13.0. The number of para-hydroxylation sites is 1. The topological polar surface area (TPSA) is 45.7 Å². The van der Waals surface area contributed by atoms with Gasteiger partial charge in [-0.25, -0.2) is 4.98 Å². The van der Waals surface area contributed by atoms with E-state index in [1.165, 1.54) is 0 Å². The Labute approximate surface area is 156 Å². The van der Waals surface area contributed by atoms with Crippen LogP contribution in [0.2, 0.25) is 5.02 Å². The highest BCUT2D eigenvalue weighted by atomic mass is 35.5. The van der Waals surface area contributed by atoms with Gasteiger partial charge in [-0.1, -0.05) is 35.4 Å². The summed E-state index contributed by atoms with van der Waals surface area (Å²) in [6.07, 6.45) is 3.15. The van der Waals surface area contributed by atoms with Gasteiger partial charge in [0.05, 0.1) is 22.9 Å². The Balaban J connectivity index is 1.56. The van der Waals surface area contributed by atoms with Crippen LogP contribution in [0.15, 0.2) is 18.2 Å². The van der Waals surface area contributed by atoms with Crippen molar-refractivity contribution in [3.05, 3.63) is 23.2 Å². The lowest BCUT2D eigenvalue weighted by Crippen LogP contribution is -2.45. The van der Waals surface area contributed by atoms with Crippen molar-refractivity contribution in [1.29, 1.82) is 0 Å². The third-order valence-electron chi connectivity index (χ3n) is 5.05. The number of amides is 1. The van der Waals surface area contributed by atoms with E-state index in [0.29, 0.717) is 11.6 Å². The minimum Gasteiger partial charge on any atom is -0.379 e. The van der Waals surface area contributed by atoms with Gasteiger partial charge >= 0.3 is 0 Å². The third-order valence-corrected chi connectivity index (χ3v) is 6.40. The van der Waals surface area contributed by atoms with Gasteiger partial charge in [0.2, 0.25) is 5.91 Å². The molecule has 4 rings (SSSR count). The van der Waals surface area contributed by atoms with Crippen molar-refractivity contribution in [2.45, 2.75) is 19.3 Å². The SMILES string of the molecule is O=C(C1CCC1)N(CCN1CCOCC1)c1nc2c(Cl)cccc2s1. The molecule has 25 heavy (non-hydrogen) atoms. The standard InChI is InChI=1S/C18H22ClN3O2S/c19-14-5-2-6-15-16(14)20-18(25-15)22(17(23)13-3-1-4-13)8-7-21-9-11-24-12-10-21/h2,5-6,13H,1,3-4,7-12H2. The average Bonchev–Trinajstić information content (AvgIpc) is 3.00. The molecule has 134 valence electrons. The van der Waals surface area contributed by atoms with Crippen molar-refractivity contribution < 1.29 is 9.53 Å². The lowest BCUT2D eigenvalue weighted by Gasteiger charge is -2.33. The minimum absolute atomic E-state index is 0.159. The quantitative estimate of drug-likeness (QED) is 0.798. The number of thiazole rings is 1. The van der Waals surface area contributed by atoms with E-state index in [4.69, 9.17) is 16.3 Å². The van der Waals surface area contributed by atoms with E-state index in [-0.39, 0.29) is 11.8 Å². The molecule has 1 saturated heterocycles. The maximum atomic E-state index is 13.0. The molecule has 7 heteroatoms. The molecule has 0 bridgehead atoms. The predicted molar refractivity (Wildman–Crippen MR) is 102 cm³/mol. The van der Waals surface area contributed by atoms with E-state index in [1.807, 2.05) is 23.1 Å². The van der Waals surface area contributed by atoms with Crippen LogP contribution < -0.4 is 4.90 Å². The Hall–Kier alpha value is -1.21. The molecular weight excluding hydrogens is 358 g/mol. The van der Waals surface area contributed by atoms with E-state index in [0.717, 1.165) is 67.5 Å². The van der Waals surface area contributed by atoms with Crippen LogP contribution in [0, 0.1) is 5.92 Å². The Bertz CT molecular complexity index is 756. The fraction of sp³-hybridized carbons (Fsp3) is 0.556. The van der Waals surface area contributed by atoms with E-state index in [9.17, 15) is 4.79 Å². The van der Waals surface area contributed by atoms with Crippen LogP contribution in [-0.4, -0.2) is 55.2 Å². The van der Waals surface area contributed by atoms with Crippen molar-refractivity contribution in [3.8, 4) is 0 Å². The highest BCUT2D eigenvalue weighted by Crippen LogP contribution is 2.35. The van der Waals surface area contributed by atoms with Gasteiger partial charge in [0.25, 0.3) is 0 Å². The monoisotopic (exact) mass is 379 g/mol. The molecule has 0 spiro atoms. The van der Waals surface area contributed by atoms with Crippen LogP contribution in [-0.2, 0) is 9.53 Å². The zero-order chi connectivity index (χ0) is 17.2. The highest BCUT2D eigenvalue weighted by molar-refractivity contribution is 7.22. The summed E-state index contributed by atoms with van der Waals surface area (Å²) in [6, 6.07) is 5.79. The minimum atomic E-state index is 0.159. The van der Waals surface area contributed by atoms with Crippen molar-refractivity contribution in [3.63, 3.8) is 0 Å². The first-order chi connectivity index (χ1) is 12.2. The second-order valence-corrected chi connectivity index (χ2v) is 8.07. The molecular formula is C18H22ClN3O2S. The molecule has 2 heterocycles. The summed E-state index contributed by atoms with van der Waals surface area (Å²) < 4.78 is 6.44. The highest BCUT2D eigenvalue weighted by Gasteiger charge is 2.32. The summed E-state index contributed by atoms with van der Waals surface area (Å²) in [7, 11) is 0. The normalized spacial score (nSPS) is 19.1. The van der Waals surface area contributed by atoms with Gasteiger partial charge in [0.15, 0.2) is 5.13 Å². The van der Waals surface area contributed by atoms with Gasteiger partial charge in [-0.2, -0.15) is 0 Å². The molecule has 1 aromatic heterocycles. The first-order valence-electron chi connectivity index (χ1n) is 8.89. The van der Waals surface area contributed by atoms with Crippen LogP contribution in [0.1, 0.15) is 19.3 Å². The fourth-order valence-corrected chi connectivity index (χ4v) is 4.56. The number of morpholine rings is 1. The number of fused-ring (bicyclic) bond motifs is 1. The number of hydrogen-bond acceptors (Lipinski definition) is 5. The number of ether oxygens (including phenoxy) is 1. The Morgan fingerprint density at radius 2 is 2.16 bits per heavy atom. The lowest BCUT2D eigenvalue weighted by atomic mass is 9.84. The van der Waals surface area contributed by atoms with Crippen LogP contribution >= 0.6 is 22.9 Å². The van der Waals surface area contributed by atoms with E-state index >= 15 is 0 Å². The molecule has 1 amide bonds. The molecule has 1 aliphatic heterocycles. The summed E-state index contributed by atoms with van der Waals surface area (Å²) >= 11 is 7.83. The van der Waals surface area contributed by atoms with E-state index < -0.39 is 0 Å². The second-order valence-electron chi connectivity index (χ2n) is 6.65. The Morgan fingerprint density at radius 3 is 2.84 bits per heavy atom. The van der Waals surface area contributed by atoms with E-state index in [1.54, 1.807) is 11.3 Å². The van der Waals surface area contributed by atoms with Crippen molar-refractivity contribution in [2.24, 2.45) is 5.92 Å². The smallest absolute Gasteiger partial charge is 0.231 e. The summed E-state index contributed by atoms with van der Waals surface area (Å²) in [5.74, 6) is 0.377. The Kier molecular flexibility index (Phi) is 5.22. The lowest BCUT2D eigenvalue weighted by molar-refractivity contribution is -0.124. The van der Waals surface area contributed by atoms with Gasteiger partial charge < -0.3 is 4.74 Å². The Morgan fingerprint density at radius 1 is 1.36 bits per heavy atom. The van der Waals surface area contributed by atoms with Crippen molar-refractivity contribution in [2.75, 3.05) is 44.3 Å². The van der Waals surface area contributed by atoms with Crippen LogP contribution in [0.25, 0.3) is 10.2 Å². The number of carbonyl (C=O) groups excluding carboxylic acids is 1. The van der Waals surface area contributed by atoms with Crippen LogP contribution in [0.4, 0.5) is 5.13 Å². The molecule has 1 aromatic carbocycles. The molecule has 0 N–H and O–H groups in total. The third kappa shape index (κ3) is 3.67. The summed E-state index contributed by atoms with van der Waals surface area (Å²) in [5.41, 5.74) is 0.793. The summed E-state index contributed by atoms with van der Waals surface area (Å²) in [5, 5.41) is 1.41. The molecule has 2 aromatic rings. The molecule has 0 atom stereocenters. The number of nitrogens with zero attached hydrogens (tertiary/aromatic N) is 3. The molecule has 0 unspecified atom stereocenters. The predicted octanol–water partition coefficient (Wildman–Crippen LogP) is 3.42. The number of aromatic nitrogens is 1. The molecule has 2 aliphatic rings.